The van der Waals surface area contributed by atoms with Crippen molar-refractivity contribution in [2.75, 3.05) is 7.11 Å². The summed E-state index contributed by atoms with van der Waals surface area (Å²) in [5, 5.41) is 2.53. The SMILES string of the molecule is COC(=O)[C@H](Cc1ccc(O[C@H]2C[C@@H]([18F])C2)cc1)NC(=O)OC(C)(C)C. The third-order valence-electron chi connectivity index (χ3n) is 3.88. The van der Waals surface area contributed by atoms with Crippen LogP contribution >= 0.6 is 0 Å². The van der Waals surface area contributed by atoms with Crippen LogP contribution in [0.15, 0.2) is 24.3 Å². The molecule has 0 heterocycles. The van der Waals surface area contributed by atoms with E-state index in [-0.39, 0.29) is 12.5 Å². The van der Waals surface area contributed by atoms with E-state index in [0.29, 0.717) is 18.6 Å². The number of carbonyl (C=O) groups excluding carboxylic acids is 2. The minimum Gasteiger partial charge on any atom is -0.490 e. The minimum atomic E-state index is -0.861. The minimum absolute atomic E-state index is 0.0764. The maximum Gasteiger partial charge on any atom is 0.408 e. The van der Waals surface area contributed by atoms with Crippen molar-refractivity contribution >= 4 is 12.1 Å². The monoisotopic (exact) mass is 366 g/mol. The van der Waals surface area contributed by atoms with E-state index in [1.165, 1.54) is 7.11 Å². The van der Waals surface area contributed by atoms with Gasteiger partial charge in [0.2, 0.25) is 0 Å². The summed E-state index contributed by atoms with van der Waals surface area (Å²) in [6.45, 7) is 5.23. The van der Waals surface area contributed by atoms with E-state index < -0.39 is 29.9 Å². The van der Waals surface area contributed by atoms with Crippen molar-refractivity contribution in [3.63, 3.8) is 0 Å². The number of alkyl carbamates (subject to hydrolysis) is 1. The molecule has 1 atom stereocenters. The first-order chi connectivity index (χ1) is 12.2. The number of hydrogen-bond donors (Lipinski definition) is 1. The third kappa shape index (κ3) is 6.20. The van der Waals surface area contributed by atoms with E-state index in [2.05, 4.69) is 5.32 Å². The topological polar surface area (TPSA) is 73.9 Å². The molecule has 144 valence electrons. The zero-order chi connectivity index (χ0) is 19.3. The fourth-order valence-corrected chi connectivity index (χ4v) is 2.52. The molecule has 1 amide bonds. The number of halogens is 1. The summed E-state index contributed by atoms with van der Waals surface area (Å²) >= 11 is 0. The molecule has 0 aromatic heterocycles. The van der Waals surface area contributed by atoms with Crippen LogP contribution in [0.1, 0.15) is 39.2 Å². The number of rotatable bonds is 6. The van der Waals surface area contributed by atoms with Crippen molar-refractivity contribution in [1.82, 2.24) is 5.32 Å². The fourth-order valence-electron chi connectivity index (χ4n) is 2.52. The Morgan fingerprint density at radius 3 is 2.35 bits per heavy atom. The molecule has 0 spiro atoms. The Kier molecular flexibility index (Phi) is 6.45. The molecule has 1 fully saturated rings. The highest BCUT2D eigenvalue weighted by molar-refractivity contribution is 5.81. The summed E-state index contributed by atoms with van der Waals surface area (Å²) in [7, 11) is 1.26. The average Bonchev–Trinajstić information content (AvgIpc) is 2.52. The Bertz CT molecular complexity index is 620. The highest BCUT2D eigenvalue weighted by atomic mass is 18.2. The first-order valence-electron chi connectivity index (χ1n) is 8.63. The van der Waals surface area contributed by atoms with Crippen LogP contribution in [-0.4, -0.2) is 43.1 Å². The number of benzene rings is 1. The molecular weight excluding hydrogens is 340 g/mol. The van der Waals surface area contributed by atoms with Crippen molar-refractivity contribution in [2.45, 2.75) is 64.0 Å². The van der Waals surface area contributed by atoms with Crippen LogP contribution in [0.5, 0.6) is 5.75 Å². The van der Waals surface area contributed by atoms with E-state index >= 15 is 0 Å². The average molecular weight is 366 g/mol. The summed E-state index contributed by atoms with van der Waals surface area (Å²) in [6, 6.07) is 6.27. The molecule has 1 aromatic rings. The fraction of sp³-hybridized carbons (Fsp3) is 0.579. The normalized spacial score (nSPS) is 20.5. The van der Waals surface area contributed by atoms with Crippen molar-refractivity contribution in [1.29, 1.82) is 0 Å². The van der Waals surface area contributed by atoms with Crippen LogP contribution in [-0.2, 0) is 20.7 Å². The second-order valence-corrected chi connectivity index (χ2v) is 7.38. The van der Waals surface area contributed by atoms with Crippen LogP contribution in [0, 0.1) is 0 Å². The molecule has 1 aliphatic carbocycles. The van der Waals surface area contributed by atoms with E-state index in [1.807, 2.05) is 0 Å². The maximum absolute atomic E-state index is 12.8. The molecule has 6 nitrogen and oxygen atoms in total. The maximum atomic E-state index is 12.8. The van der Waals surface area contributed by atoms with Crippen molar-refractivity contribution in [2.24, 2.45) is 0 Å². The lowest BCUT2D eigenvalue weighted by Crippen LogP contribution is -2.45. The third-order valence-corrected chi connectivity index (χ3v) is 3.88. The molecule has 7 heteroatoms. The predicted octanol–water partition coefficient (Wildman–Crippen LogP) is 3.17. The zero-order valence-electron chi connectivity index (χ0n) is 15.6. The summed E-state index contributed by atoms with van der Waals surface area (Å²) < 4.78 is 28.4. The summed E-state index contributed by atoms with van der Waals surface area (Å²) in [6.07, 6.45) is -0.426. The molecule has 1 saturated carbocycles. The van der Waals surface area contributed by atoms with Crippen LogP contribution in [0.3, 0.4) is 0 Å². The van der Waals surface area contributed by atoms with Crippen LogP contribution in [0.2, 0.25) is 0 Å². The number of amides is 1. The lowest BCUT2D eigenvalue weighted by Gasteiger charge is -2.30. The number of carbonyl (C=O) groups is 2. The second-order valence-electron chi connectivity index (χ2n) is 7.38. The van der Waals surface area contributed by atoms with Gasteiger partial charge >= 0.3 is 12.1 Å². The van der Waals surface area contributed by atoms with Crippen molar-refractivity contribution < 1.29 is 28.2 Å². The Hall–Kier alpha value is -2.31. The summed E-state index contributed by atoms with van der Waals surface area (Å²) in [5.41, 5.74) is 0.157. The van der Waals surface area contributed by atoms with Crippen LogP contribution in [0.4, 0.5) is 9.18 Å². The van der Waals surface area contributed by atoms with E-state index in [4.69, 9.17) is 14.2 Å². The standard InChI is InChI=1S/C19H26FNO5/c1-19(2,3)26-18(23)21-16(17(22)24-4)9-12-5-7-14(8-6-12)25-15-10-13(20)11-15/h5-8,13,15-16H,9-11H2,1-4H3,(H,21,23)/t13-,15+,16-/m0/s1/i20-1. The number of hydrogen-bond acceptors (Lipinski definition) is 5. The number of methoxy groups -OCH3 is 1. The molecule has 0 unspecified atom stereocenters. The Morgan fingerprint density at radius 1 is 1.23 bits per heavy atom. The van der Waals surface area contributed by atoms with E-state index in [1.54, 1.807) is 45.0 Å². The van der Waals surface area contributed by atoms with E-state index in [9.17, 15) is 14.0 Å². The largest absolute Gasteiger partial charge is 0.490 e. The zero-order valence-corrected chi connectivity index (χ0v) is 15.6. The van der Waals surface area contributed by atoms with Gasteiger partial charge in [0.15, 0.2) is 0 Å². The number of ether oxygens (including phenoxy) is 3. The lowest BCUT2D eigenvalue weighted by molar-refractivity contribution is -0.143. The van der Waals surface area contributed by atoms with Gasteiger partial charge in [-0.2, -0.15) is 0 Å². The molecule has 26 heavy (non-hydrogen) atoms. The van der Waals surface area contributed by atoms with E-state index in [0.717, 1.165) is 5.56 Å². The molecule has 0 radical (unpaired) electrons. The van der Waals surface area contributed by atoms with Gasteiger partial charge in [-0.1, -0.05) is 12.1 Å². The van der Waals surface area contributed by atoms with Gasteiger partial charge in [0, 0.05) is 19.3 Å². The van der Waals surface area contributed by atoms with Gasteiger partial charge in [0.05, 0.1) is 7.11 Å². The lowest BCUT2D eigenvalue weighted by atomic mass is 9.93. The Balaban J connectivity index is 1.94. The van der Waals surface area contributed by atoms with Gasteiger partial charge in [-0.25, -0.2) is 14.0 Å². The van der Waals surface area contributed by atoms with Gasteiger partial charge in [-0.3, -0.25) is 0 Å². The molecule has 1 aromatic carbocycles. The summed E-state index contributed by atoms with van der Waals surface area (Å²) in [5.74, 6) is 0.0972. The van der Waals surface area contributed by atoms with Gasteiger partial charge in [0.25, 0.3) is 0 Å². The smallest absolute Gasteiger partial charge is 0.408 e. The van der Waals surface area contributed by atoms with Crippen LogP contribution in [0.25, 0.3) is 0 Å². The molecule has 0 bridgehead atoms. The Morgan fingerprint density at radius 2 is 1.85 bits per heavy atom. The molecule has 1 aliphatic rings. The molecule has 2 rings (SSSR count). The highest BCUT2D eigenvalue weighted by Gasteiger charge is 2.30. The van der Waals surface area contributed by atoms with Gasteiger partial charge in [-0.05, 0) is 38.5 Å². The molecule has 0 aliphatic heterocycles. The van der Waals surface area contributed by atoms with Crippen molar-refractivity contribution in [3.8, 4) is 5.75 Å². The Labute approximate surface area is 153 Å². The number of nitrogens with one attached hydrogen (secondary N) is 1. The highest BCUT2D eigenvalue weighted by Crippen LogP contribution is 2.28. The van der Waals surface area contributed by atoms with Gasteiger partial charge in [-0.15, -0.1) is 0 Å². The quantitative estimate of drug-likeness (QED) is 0.783. The molecular formula is C19H26FNO5. The van der Waals surface area contributed by atoms with Crippen molar-refractivity contribution in [3.05, 3.63) is 29.8 Å². The molecule has 0 saturated heterocycles. The van der Waals surface area contributed by atoms with Gasteiger partial charge in [0.1, 0.15) is 29.7 Å². The predicted molar refractivity (Wildman–Crippen MR) is 93.9 cm³/mol. The first-order valence-corrected chi connectivity index (χ1v) is 8.63. The number of alkyl halides is 1. The summed E-state index contributed by atoms with van der Waals surface area (Å²) in [4.78, 5) is 23.9. The number of esters is 1. The van der Waals surface area contributed by atoms with Crippen LogP contribution < -0.4 is 10.1 Å². The first kappa shape index (κ1) is 20.0. The molecule has 1 N–H and O–H groups in total. The second kappa shape index (κ2) is 8.38. The van der Waals surface area contributed by atoms with Gasteiger partial charge < -0.3 is 19.5 Å².